The van der Waals surface area contributed by atoms with Crippen LogP contribution in [-0.2, 0) is 4.79 Å². The van der Waals surface area contributed by atoms with Crippen molar-refractivity contribution >= 4 is 39.4 Å². The highest BCUT2D eigenvalue weighted by atomic mass is 32.1. The Bertz CT molecular complexity index is 1000. The van der Waals surface area contributed by atoms with E-state index in [1.807, 2.05) is 26.0 Å². The van der Waals surface area contributed by atoms with Crippen molar-refractivity contribution in [3.63, 3.8) is 0 Å². The highest BCUT2D eigenvalue weighted by Gasteiger charge is 2.11. The number of thiophene rings is 1. The highest BCUT2D eigenvalue weighted by Crippen LogP contribution is 2.25. The maximum Gasteiger partial charge on any atom is 0.282 e. The Morgan fingerprint density at radius 3 is 2.67 bits per heavy atom. The number of aryl methyl sites for hydroxylation is 2. The molecule has 0 atom stereocenters. The average Bonchev–Trinajstić information content (AvgIpc) is 2.83. The molecule has 0 bridgehead atoms. The minimum Gasteiger partial charge on any atom is -0.326 e. The SMILES string of the molecule is CC(=O)Nc1ccc(/C=N/n2cnc3sc(C)c(C)c3c2=O)cc1. The van der Waals surface area contributed by atoms with Crippen LogP contribution in [0.15, 0.2) is 40.5 Å². The van der Waals surface area contributed by atoms with Gasteiger partial charge in [-0.05, 0) is 37.1 Å². The zero-order chi connectivity index (χ0) is 17.3. The number of carbonyl (C=O) groups is 1. The van der Waals surface area contributed by atoms with Gasteiger partial charge in [-0.25, -0.2) is 4.98 Å². The molecule has 1 N–H and O–H groups in total. The zero-order valence-electron chi connectivity index (χ0n) is 13.5. The van der Waals surface area contributed by atoms with Gasteiger partial charge < -0.3 is 5.32 Å². The standard InChI is InChI=1S/C17H16N4O2S/c1-10-11(2)24-16-15(10)17(23)21(9-18-16)19-8-13-4-6-14(7-5-13)20-12(3)22/h4-9H,1-3H3,(H,20,22)/b19-8+. The Balaban J connectivity index is 1.90. The molecule has 3 rings (SSSR count). The Labute approximate surface area is 142 Å². The molecule has 3 aromatic rings. The molecule has 2 heterocycles. The van der Waals surface area contributed by atoms with E-state index in [4.69, 9.17) is 0 Å². The monoisotopic (exact) mass is 340 g/mol. The lowest BCUT2D eigenvalue weighted by Gasteiger charge is -2.02. The van der Waals surface area contributed by atoms with Crippen molar-refractivity contribution in [1.29, 1.82) is 0 Å². The van der Waals surface area contributed by atoms with Gasteiger partial charge in [0.05, 0.1) is 11.6 Å². The van der Waals surface area contributed by atoms with E-state index in [9.17, 15) is 9.59 Å². The number of amides is 1. The molecular formula is C17H16N4O2S. The van der Waals surface area contributed by atoms with Crippen molar-refractivity contribution in [3.8, 4) is 0 Å². The van der Waals surface area contributed by atoms with E-state index in [1.165, 1.54) is 29.3 Å². The third-order valence-corrected chi connectivity index (χ3v) is 4.75. The van der Waals surface area contributed by atoms with Crippen LogP contribution in [-0.4, -0.2) is 21.8 Å². The summed E-state index contributed by atoms with van der Waals surface area (Å²) in [5, 5.41) is 7.52. The Morgan fingerprint density at radius 1 is 1.29 bits per heavy atom. The fourth-order valence-corrected chi connectivity index (χ4v) is 3.28. The fraction of sp³-hybridized carbons (Fsp3) is 0.176. The highest BCUT2D eigenvalue weighted by molar-refractivity contribution is 7.18. The topological polar surface area (TPSA) is 76.3 Å². The van der Waals surface area contributed by atoms with Gasteiger partial charge in [-0.15, -0.1) is 11.3 Å². The van der Waals surface area contributed by atoms with Crippen molar-refractivity contribution in [2.45, 2.75) is 20.8 Å². The van der Waals surface area contributed by atoms with Crippen molar-refractivity contribution in [3.05, 3.63) is 57.0 Å². The molecule has 2 aromatic heterocycles. The molecule has 0 unspecified atom stereocenters. The van der Waals surface area contributed by atoms with E-state index in [2.05, 4.69) is 15.4 Å². The summed E-state index contributed by atoms with van der Waals surface area (Å²) in [6.45, 7) is 5.36. The predicted octanol–water partition coefficient (Wildman–Crippen LogP) is 2.92. The summed E-state index contributed by atoms with van der Waals surface area (Å²) in [5.41, 5.74) is 2.31. The van der Waals surface area contributed by atoms with E-state index in [0.29, 0.717) is 11.1 Å². The van der Waals surface area contributed by atoms with E-state index >= 15 is 0 Å². The van der Waals surface area contributed by atoms with Crippen LogP contribution >= 0.6 is 11.3 Å². The number of benzene rings is 1. The van der Waals surface area contributed by atoms with Crippen LogP contribution in [0.1, 0.15) is 22.9 Å². The second-order valence-electron chi connectivity index (χ2n) is 5.41. The Kier molecular flexibility index (Phi) is 4.26. The first kappa shape index (κ1) is 16.1. The summed E-state index contributed by atoms with van der Waals surface area (Å²) in [7, 11) is 0. The first-order valence-electron chi connectivity index (χ1n) is 7.35. The number of fused-ring (bicyclic) bond motifs is 1. The molecule has 0 aliphatic carbocycles. The number of nitrogens with zero attached hydrogens (tertiary/aromatic N) is 3. The Morgan fingerprint density at radius 2 is 2.00 bits per heavy atom. The minimum absolute atomic E-state index is 0.122. The Hall–Kier alpha value is -2.80. The van der Waals surface area contributed by atoms with E-state index in [-0.39, 0.29) is 11.5 Å². The molecular weight excluding hydrogens is 324 g/mol. The number of rotatable bonds is 3. The molecule has 0 spiro atoms. The van der Waals surface area contributed by atoms with E-state index in [1.54, 1.807) is 18.3 Å². The van der Waals surface area contributed by atoms with Gasteiger partial charge >= 0.3 is 0 Å². The second-order valence-corrected chi connectivity index (χ2v) is 6.61. The van der Waals surface area contributed by atoms with Gasteiger partial charge in [0.1, 0.15) is 11.2 Å². The van der Waals surface area contributed by atoms with Crippen molar-refractivity contribution in [1.82, 2.24) is 9.66 Å². The predicted molar refractivity (Wildman–Crippen MR) is 97.1 cm³/mol. The van der Waals surface area contributed by atoms with Crippen LogP contribution in [0.4, 0.5) is 5.69 Å². The van der Waals surface area contributed by atoms with Crippen LogP contribution in [0.2, 0.25) is 0 Å². The van der Waals surface area contributed by atoms with Crippen LogP contribution in [0.25, 0.3) is 10.2 Å². The number of aromatic nitrogens is 2. The van der Waals surface area contributed by atoms with E-state index < -0.39 is 0 Å². The van der Waals surface area contributed by atoms with Crippen molar-refractivity contribution in [2.75, 3.05) is 5.32 Å². The molecule has 6 nitrogen and oxygen atoms in total. The molecule has 0 aliphatic rings. The van der Waals surface area contributed by atoms with Crippen molar-refractivity contribution < 1.29 is 4.79 Å². The van der Waals surface area contributed by atoms with Gasteiger partial charge in [0, 0.05) is 17.5 Å². The summed E-state index contributed by atoms with van der Waals surface area (Å²) in [5.74, 6) is -0.122. The average molecular weight is 340 g/mol. The fourth-order valence-electron chi connectivity index (χ4n) is 2.29. The minimum atomic E-state index is -0.173. The number of nitrogens with one attached hydrogen (secondary N) is 1. The largest absolute Gasteiger partial charge is 0.326 e. The van der Waals surface area contributed by atoms with Gasteiger partial charge in [-0.2, -0.15) is 9.78 Å². The quantitative estimate of drug-likeness (QED) is 0.745. The summed E-state index contributed by atoms with van der Waals surface area (Å²) in [4.78, 5) is 29.7. The second kappa shape index (κ2) is 6.37. The van der Waals surface area contributed by atoms with Gasteiger partial charge in [0.25, 0.3) is 5.56 Å². The number of hydrogen-bond acceptors (Lipinski definition) is 5. The molecule has 0 radical (unpaired) electrons. The molecule has 0 saturated heterocycles. The third kappa shape index (κ3) is 3.11. The number of anilines is 1. The third-order valence-electron chi connectivity index (χ3n) is 3.64. The van der Waals surface area contributed by atoms with Gasteiger partial charge in [-0.1, -0.05) is 12.1 Å². The lowest BCUT2D eigenvalue weighted by atomic mass is 10.2. The molecule has 24 heavy (non-hydrogen) atoms. The summed E-state index contributed by atoms with van der Waals surface area (Å²) in [6, 6.07) is 7.18. The van der Waals surface area contributed by atoms with E-state index in [0.717, 1.165) is 20.8 Å². The normalized spacial score (nSPS) is 11.3. The van der Waals surface area contributed by atoms with Gasteiger partial charge in [0.15, 0.2) is 0 Å². The maximum absolute atomic E-state index is 12.5. The molecule has 0 aliphatic heterocycles. The number of hydrogen-bond donors (Lipinski definition) is 1. The lowest BCUT2D eigenvalue weighted by molar-refractivity contribution is -0.114. The first-order valence-corrected chi connectivity index (χ1v) is 8.16. The summed E-state index contributed by atoms with van der Waals surface area (Å²) < 4.78 is 1.24. The molecule has 0 saturated carbocycles. The van der Waals surface area contributed by atoms with Crippen molar-refractivity contribution in [2.24, 2.45) is 5.10 Å². The van der Waals surface area contributed by atoms with Crippen LogP contribution in [0, 0.1) is 13.8 Å². The zero-order valence-corrected chi connectivity index (χ0v) is 14.3. The van der Waals surface area contributed by atoms with Gasteiger partial charge in [0.2, 0.25) is 5.91 Å². The lowest BCUT2D eigenvalue weighted by Crippen LogP contribution is -2.16. The summed E-state index contributed by atoms with van der Waals surface area (Å²) >= 11 is 1.51. The van der Waals surface area contributed by atoms with Gasteiger partial charge in [-0.3, -0.25) is 9.59 Å². The smallest absolute Gasteiger partial charge is 0.282 e. The number of carbonyl (C=O) groups excluding carboxylic acids is 1. The molecule has 0 fully saturated rings. The van der Waals surface area contributed by atoms with Crippen LogP contribution in [0.3, 0.4) is 0 Å². The molecule has 1 amide bonds. The first-order chi connectivity index (χ1) is 11.5. The molecule has 1 aromatic carbocycles. The maximum atomic E-state index is 12.5. The summed E-state index contributed by atoms with van der Waals surface area (Å²) in [6.07, 6.45) is 3.02. The van der Waals surface area contributed by atoms with Crippen LogP contribution < -0.4 is 10.9 Å². The molecule has 7 heteroatoms. The van der Waals surface area contributed by atoms with Crippen LogP contribution in [0.5, 0.6) is 0 Å². The molecule has 122 valence electrons.